The fourth-order valence-electron chi connectivity index (χ4n) is 6.75. The lowest BCUT2D eigenvalue weighted by molar-refractivity contribution is -0.432. The Kier molecular flexibility index (Phi) is 17.6. The maximum atomic E-state index is 13.1. The van der Waals surface area contributed by atoms with Gasteiger partial charge in [-0.1, -0.05) is 33.5 Å². The summed E-state index contributed by atoms with van der Waals surface area (Å²) in [5.74, 6) is -1.22. The number of para-hydroxylation sites is 2. The number of aliphatic hydroxyl groups excluding tert-OH is 2. The Morgan fingerprint density at radius 3 is 2.00 bits per heavy atom. The van der Waals surface area contributed by atoms with Gasteiger partial charge < -0.3 is 29.9 Å². The van der Waals surface area contributed by atoms with Gasteiger partial charge in [-0.25, -0.2) is 20.5 Å². The lowest BCUT2D eigenvalue weighted by atomic mass is 10.1. The van der Waals surface area contributed by atoms with Crippen molar-refractivity contribution in [3.05, 3.63) is 83.9 Å². The summed E-state index contributed by atoms with van der Waals surface area (Å²) in [4.78, 5) is 8.37. The summed E-state index contributed by atoms with van der Waals surface area (Å²) >= 11 is 2.17. The second-order valence-electron chi connectivity index (χ2n) is 14.4. The number of hydrogen-bond acceptors (Lipinski definition) is 28. The van der Waals surface area contributed by atoms with E-state index in [1.807, 2.05) is 0 Å². The first-order valence-electron chi connectivity index (χ1n) is 20.2. The minimum absolute atomic E-state index is 0.0125. The van der Waals surface area contributed by atoms with Gasteiger partial charge in [0.25, 0.3) is 20.2 Å². The van der Waals surface area contributed by atoms with Gasteiger partial charge in [0, 0.05) is 33.4 Å². The van der Waals surface area contributed by atoms with Crippen LogP contribution in [0.5, 0.6) is 23.1 Å². The van der Waals surface area contributed by atoms with Gasteiger partial charge in [0.1, 0.15) is 64.0 Å². The average molecular weight is 1120 g/mol. The van der Waals surface area contributed by atoms with E-state index in [2.05, 4.69) is 65.5 Å². The highest BCUT2D eigenvalue weighted by Crippen LogP contribution is 2.49. The van der Waals surface area contributed by atoms with Crippen LogP contribution in [0.4, 0.5) is 33.6 Å². The zero-order valence-corrected chi connectivity index (χ0v) is 41.5. The highest BCUT2D eigenvalue weighted by molar-refractivity contribution is 7.95. The first kappa shape index (κ1) is 54.7. The predicted octanol–water partition coefficient (Wildman–Crippen LogP) is 9.44. The van der Waals surface area contributed by atoms with E-state index in [4.69, 9.17) is 24.5 Å². The highest BCUT2D eigenvalue weighted by Gasteiger charge is 2.26. The van der Waals surface area contributed by atoms with E-state index < -0.39 is 61.3 Å². The number of aromatic nitrogens is 3. The van der Waals surface area contributed by atoms with Gasteiger partial charge in [0.15, 0.2) is 17.1 Å². The molecule has 0 saturated carbocycles. The van der Waals surface area contributed by atoms with Crippen molar-refractivity contribution in [3.63, 3.8) is 0 Å². The second kappa shape index (κ2) is 23.8. The fourth-order valence-corrected chi connectivity index (χ4v) is 9.35. The van der Waals surface area contributed by atoms with Crippen molar-refractivity contribution in [1.82, 2.24) is 14.4 Å². The Morgan fingerprint density at radius 2 is 1.36 bits per heavy atom. The van der Waals surface area contributed by atoms with Crippen molar-refractivity contribution >= 4 is 127 Å². The summed E-state index contributed by atoms with van der Waals surface area (Å²) in [7, 11) is -8.89. The molecule has 0 fully saturated rings. The summed E-state index contributed by atoms with van der Waals surface area (Å²) < 4.78 is 85.3. The van der Waals surface area contributed by atoms with Gasteiger partial charge >= 0.3 is 0 Å². The summed E-state index contributed by atoms with van der Waals surface area (Å²) in [6.45, 7) is 0.194. The molecule has 5 aromatic carbocycles. The molecule has 8 rings (SSSR count). The molecule has 0 bridgehead atoms. The minimum Gasteiger partial charge on any atom is -0.505 e. The molecule has 0 aliphatic carbocycles. The monoisotopic (exact) mass is 1110 g/mol. The molecule has 0 radical (unpaired) electrons. The Morgan fingerprint density at radius 1 is 0.743 bits per heavy atom. The Balaban J connectivity index is 0.00000153. The number of aromatic hydroxyl groups is 2. The largest absolute Gasteiger partial charge is 0.505 e. The van der Waals surface area contributed by atoms with Crippen LogP contribution in [-0.2, 0) is 39.0 Å². The molecule has 0 saturated heterocycles. The molecule has 0 aliphatic rings. The molecule has 0 unspecified atom stereocenters. The number of phenolic OH excluding ortho intramolecular Hbond substituents is 1. The van der Waals surface area contributed by atoms with Gasteiger partial charge in [-0.05, 0) is 55.5 Å². The standard InChI is InChI=1S/C40H30N10O15S4.CH4O3S/c1-19-23(18-41)38-42-24-4-2-3-5-29(24)50(38)39(54)34(19)47-44-26-9-7-21-22(37(26)69(57,58)59)15-33(68-65-63-56)35(36(21)53)48-45-27-16-31(61-13-11-52)28(17-30(27)60-12-10-51)46-49-40-43-25-8-6-20(67-64-62-55)14-32(25)66-40;1-5(2,3)4/h2-9,14-17,51-56H,10-13H2,1H3,(H,57,58,59);1H3,(H,2,3,4). The van der Waals surface area contributed by atoms with E-state index in [0.29, 0.717) is 32.4 Å². The quantitative estimate of drug-likeness (QED) is 0.0123. The summed E-state index contributed by atoms with van der Waals surface area (Å²) in [6, 6.07) is 20.0. The molecule has 0 atom stereocenters. The lowest BCUT2D eigenvalue weighted by Gasteiger charge is -2.14. The number of hydrogen-bond donors (Lipinski definition) is 8. The maximum absolute atomic E-state index is 13.1. The van der Waals surface area contributed by atoms with Gasteiger partial charge in [-0.3, -0.25) is 13.5 Å². The molecule has 3 heterocycles. The van der Waals surface area contributed by atoms with Crippen LogP contribution in [-0.4, -0.2) is 104 Å². The number of rotatable bonds is 19. The van der Waals surface area contributed by atoms with Crippen LogP contribution in [0.1, 0.15) is 11.1 Å². The SMILES string of the molecule is CS(=O)(=O)O.Cc1c(N=Nc2ccc3c(O)c(N=Nc4cc(OCCO)c(N=Nc5nc6ccc(SOOO)cc6s5)cc4OCCO)c(SOOO)cc3c2S(=O)(=O)O)c(O)n2c(nc3ccccc32)c1C#N. The second-order valence-corrected chi connectivity index (χ2v) is 19.8. The molecule has 3 aromatic heterocycles. The summed E-state index contributed by atoms with van der Waals surface area (Å²) in [6.07, 6.45) is 0.715. The first-order valence-corrected chi connectivity index (χ1v) is 25.8. The van der Waals surface area contributed by atoms with E-state index in [-0.39, 0.29) is 91.4 Å². The third-order valence-corrected chi connectivity index (χ3v) is 12.7. The number of fused-ring (bicyclic) bond motifs is 5. The van der Waals surface area contributed by atoms with E-state index in [0.717, 1.165) is 24.2 Å². The molecular formula is C41H34N10O18S5. The van der Waals surface area contributed by atoms with Gasteiger partial charge in [-0.15, -0.1) is 39.4 Å². The summed E-state index contributed by atoms with van der Waals surface area (Å²) in [5.41, 5.74) is 0.716. The van der Waals surface area contributed by atoms with Gasteiger partial charge in [-0.2, -0.15) is 22.1 Å². The van der Waals surface area contributed by atoms with E-state index in [9.17, 15) is 47.1 Å². The van der Waals surface area contributed by atoms with Crippen LogP contribution >= 0.6 is 35.4 Å². The lowest BCUT2D eigenvalue weighted by Crippen LogP contribution is -2.04. The smallest absolute Gasteiger partial charge is 0.297 e. The maximum Gasteiger partial charge on any atom is 0.297 e. The number of aliphatic hydroxyl groups is 2. The normalized spacial score (nSPS) is 12.2. The van der Waals surface area contributed by atoms with Gasteiger partial charge in [0.05, 0.1) is 69.7 Å². The average Bonchev–Trinajstić information content (AvgIpc) is 3.96. The van der Waals surface area contributed by atoms with Crippen LogP contribution < -0.4 is 9.47 Å². The van der Waals surface area contributed by atoms with Crippen LogP contribution in [0.25, 0.3) is 37.7 Å². The number of ether oxygens (including phenoxy) is 2. The van der Waals surface area contributed by atoms with Crippen molar-refractivity contribution in [1.29, 1.82) is 5.26 Å². The molecule has 0 amide bonds. The molecular weight excluding hydrogens is 1080 g/mol. The van der Waals surface area contributed by atoms with Crippen molar-refractivity contribution in [2.45, 2.75) is 21.6 Å². The predicted molar refractivity (Wildman–Crippen MR) is 262 cm³/mol. The molecule has 386 valence electrons. The first-order chi connectivity index (χ1) is 35.4. The summed E-state index contributed by atoms with van der Waals surface area (Å²) in [5, 5.41) is 102. The number of nitriles is 1. The van der Waals surface area contributed by atoms with Crippen molar-refractivity contribution in [2.24, 2.45) is 30.7 Å². The molecule has 8 aromatic rings. The van der Waals surface area contributed by atoms with Gasteiger partial charge in [0.2, 0.25) is 11.0 Å². The van der Waals surface area contributed by atoms with E-state index in [1.165, 1.54) is 40.9 Å². The number of benzene rings is 5. The molecule has 28 nitrogen and oxygen atoms in total. The number of phenols is 1. The van der Waals surface area contributed by atoms with E-state index in [1.54, 1.807) is 42.5 Å². The third-order valence-electron chi connectivity index (χ3n) is 9.63. The number of nitrogens with zero attached hydrogens (tertiary/aromatic N) is 10. The Hall–Kier alpha value is -7.11. The fraction of sp³-hybridized carbons (Fsp3) is 0.146. The Bertz CT molecular complexity index is 3790. The zero-order valence-electron chi connectivity index (χ0n) is 37.4. The molecule has 0 spiro atoms. The van der Waals surface area contributed by atoms with Crippen molar-refractivity contribution < 1.29 is 85.1 Å². The number of pyridine rings is 1. The van der Waals surface area contributed by atoms with E-state index >= 15 is 0 Å². The molecule has 74 heavy (non-hydrogen) atoms. The highest BCUT2D eigenvalue weighted by atomic mass is 32.2. The number of thiazole rings is 1. The molecule has 0 aliphatic heterocycles. The van der Waals surface area contributed by atoms with Crippen LogP contribution in [0, 0.1) is 18.3 Å². The molecule has 33 heteroatoms. The van der Waals surface area contributed by atoms with Crippen LogP contribution in [0.2, 0.25) is 0 Å². The topological polar surface area (TPSA) is 414 Å². The molecule has 8 N–H and O–H groups in total. The number of imidazole rings is 1. The third kappa shape index (κ3) is 12.6. The number of azo groups is 3. The zero-order chi connectivity index (χ0) is 53.3. The Labute approximate surface area is 427 Å². The van der Waals surface area contributed by atoms with Crippen molar-refractivity contribution in [3.8, 4) is 29.2 Å². The van der Waals surface area contributed by atoms with Crippen LogP contribution in [0.3, 0.4) is 0 Å². The minimum atomic E-state index is -5.23. The van der Waals surface area contributed by atoms with Crippen molar-refractivity contribution in [2.75, 3.05) is 32.7 Å². The van der Waals surface area contributed by atoms with Crippen LogP contribution in [0.15, 0.2) is 118 Å².